The number of H-pyrrole nitrogens is 1. The number of piperazine rings is 1. The summed E-state index contributed by atoms with van der Waals surface area (Å²) in [6.45, 7) is 6.28. The minimum atomic E-state index is 0.470. The van der Waals surface area contributed by atoms with Crippen LogP contribution in [0.2, 0.25) is 0 Å². The fraction of sp³-hybridized carbons (Fsp3) is 0.500. The Morgan fingerprint density at radius 2 is 2.11 bits per heavy atom. The Morgan fingerprint density at radius 3 is 2.78 bits per heavy atom. The fourth-order valence-electron chi connectivity index (χ4n) is 2.41. The first-order valence-corrected chi connectivity index (χ1v) is 7.07. The Balaban J connectivity index is 1.80. The van der Waals surface area contributed by atoms with Gasteiger partial charge in [-0.3, -0.25) is 5.10 Å². The van der Waals surface area contributed by atoms with Gasteiger partial charge in [-0.1, -0.05) is 6.07 Å². The Hall–Kier alpha value is -1.40. The lowest BCUT2D eigenvalue weighted by atomic mass is 10.1. The molecule has 1 aliphatic rings. The molecular weight excluding hydrogens is 246 g/mol. The van der Waals surface area contributed by atoms with Crippen molar-refractivity contribution < 1.29 is 0 Å². The van der Waals surface area contributed by atoms with Crippen LogP contribution in [-0.4, -0.2) is 40.4 Å². The van der Waals surface area contributed by atoms with Gasteiger partial charge in [-0.15, -0.1) is 16.4 Å². The molecule has 0 aliphatic carbocycles. The summed E-state index contributed by atoms with van der Waals surface area (Å²) >= 11 is 1.67. The highest BCUT2D eigenvalue weighted by Gasteiger charge is 2.23. The SMILES string of the molecule is CC1CN(c2n[nH]c(-c3cccs3)n2)CC(C)N1. The highest BCUT2D eigenvalue weighted by Crippen LogP contribution is 2.23. The van der Waals surface area contributed by atoms with Crippen molar-refractivity contribution in [2.45, 2.75) is 25.9 Å². The molecule has 3 rings (SSSR count). The monoisotopic (exact) mass is 263 g/mol. The highest BCUT2D eigenvalue weighted by atomic mass is 32.1. The largest absolute Gasteiger partial charge is 0.336 e. The molecule has 2 unspecified atom stereocenters. The van der Waals surface area contributed by atoms with Crippen LogP contribution in [0.15, 0.2) is 17.5 Å². The van der Waals surface area contributed by atoms with E-state index in [1.165, 1.54) is 0 Å². The third-order valence-electron chi connectivity index (χ3n) is 3.07. The van der Waals surface area contributed by atoms with E-state index in [0.29, 0.717) is 12.1 Å². The maximum absolute atomic E-state index is 4.59. The Morgan fingerprint density at radius 1 is 1.33 bits per heavy atom. The van der Waals surface area contributed by atoms with Crippen molar-refractivity contribution in [3.05, 3.63) is 17.5 Å². The number of nitrogens with one attached hydrogen (secondary N) is 2. The van der Waals surface area contributed by atoms with Crippen LogP contribution >= 0.6 is 11.3 Å². The zero-order valence-corrected chi connectivity index (χ0v) is 11.4. The average Bonchev–Trinajstić information content (AvgIpc) is 2.99. The van der Waals surface area contributed by atoms with E-state index in [2.05, 4.69) is 45.3 Å². The standard InChI is InChI=1S/C12H17N5S/c1-8-6-17(7-9(2)13-8)12-14-11(15-16-12)10-4-3-5-18-10/h3-5,8-9,13H,6-7H2,1-2H3,(H,14,15,16). The first kappa shape index (κ1) is 11.7. The van der Waals surface area contributed by atoms with Crippen molar-refractivity contribution in [2.24, 2.45) is 0 Å². The number of hydrogen-bond acceptors (Lipinski definition) is 5. The Bertz CT molecular complexity index is 496. The number of aromatic amines is 1. The zero-order valence-electron chi connectivity index (χ0n) is 10.6. The van der Waals surface area contributed by atoms with Crippen LogP contribution in [0.3, 0.4) is 0 Å². The van der Waals surface area contributed by atoms with Crippen molar-refractivity contribution in [3.63, 3.8) is 0 Å². The van der Waals surface area contributed by atoms with E-state index in [9.17, 15) is 0 Å². The second-order valence-corrected chi connectivity index (χ2v) is 5.78. The molecule has 3 heterocycles. The summed E-state index contributed by atoms with van der Waals surface area (Å²) in [5.41, 5.74) is 0. The first-order valence-electron chi connectivity index (χ1n) is 6.19. The molecule has 18 heavy (non-hydrogen) atoms. The summed E-state index contributed by atoms with van der Waals surface area (Å²) in [6.07, 6.45) is 0. The van der Waals surface area contributed by atoms with Crippen LogP contribution in [0.4, 0.5) is 5.95 Å². The van der Waals surface area contributed by atoms with Gasteiger partial charge in [-0.2, -0.15) is 4.98 Å². The quantitative estimate of drug-likeness (QED) is 0.866. The highest BCUT2D eigenvalue weighted by molar-refractivity contribution is 7.13. The van der Waals surface area contributed by atoms with Gasteiger partial charge in [0.25, 0.3) is 0 Å². The van der Waals surface area contributed by atoms with Gasteiger partial charge < -0.3 is 10.2 Å². The van der Waals surface area contributed by atoms with Crippen LogP contribution in [0, 0.1) is 0 Å². The van der Waals surface area contributed by atoms with Crippen LogP contribution < -0.4 is 10.2 Å². The van der Waals surface area contributed by atoms with Crippen molar-refractivity contribution in [3.8, 4) is 10.7 Å². The summed E-state index contributed by atoms with van der Waals surface area (Å²) in [6, 6.07) is 5.02. The number of aromatic nitrogens is 3. The summed E-state index contributed by atoms with van der Waals surface area (Å²) in [7, 11) is 0. The van der Waals surface area contributed by atoms with Crippen LogP contribution in [0.1, 0.15) is 13.8 Å². The second-order valence-electron chi connectivity index (χ2n) is 4.84. The lowest BCUT2D eigenvalue weighted by Crippen LogP contribution is -2.54. The van der Waals surface area contributed by atoms with Gasteiger partial charge in [0.1, 0.15) is 0 Å². The smallest absolute Gasteiger partial charge is 0.245 e. The molecule has 1 fully saturated rings. The van der Waals surface area contributed by atoms with Gasteiger partial charge in [0.05, 0.1) is 4.88 Å². The first-order chi connectivity index (χ1) is 8.72. The maximum atomic E-state index is 4.59. The van der Waals surface area contributed by atoms with Gasteiger partial charge in [-0.05, 0) is 25.3 Å². The predicted molar refractivity (Wildman–Crippen MR) is 74.0 cm³/mol. The molecule has 1 saturated heterocycles. The summed E-state index contributed by atoms with van der Waals surface area (Å²) in [5, 5.41) is 12.9. The minimum absolute atomic E-state index is 0.470. The maximum Gasteiger partial charge on any atom is 0.245 e. The number of thiophene rings is 1. The normalized spacial score (nSPS) is 24.4. The van der Waals surface area contributed by atoms with Gasteiger partial charge in [0.2, 0.25) is 5.95 Å². The third-order valence-corrected chi connectivity index (χ3v) is 3.95. The lowest BCUT2D eigenvalue weighted by Gasteiger charge is -2.35. The van der Waals surface area contributed by atoms with Crippen molar-refractivity contribution in [1.29, 1.82) is 0 Å². The van der Waals surface area contributed by atoms with Crippen molar-refractivity contribution in [2.75, 3.05) is 18.0 Å². The molecule has 6 heteroatoms. The molecule has 96 valence electrons. The fourth-order valence-corrected chi connectivity index (χ4v) is 3.07. The number of anilines is 1. The van der Waals surface area contributed by atoms with E-state index in [1.54, 1.807) is 11.3 Å². The molecule has 0 aromatic carbocycles. The average molecular weight is 263 g/mol. The molecule has 2 aromatic rings. The zero-order chi connectivity index (χ0) is 12.5. The van der Waals surface area contributed by atoms with E-state index < -0.39 is 0 Å². The van der Waals surface area contributed by atoms with Crippen LogP contribution in [0.25, 0.3) is 10.7 Å². The minimum Gasteiger partial charge on any atom is -0.336 e. The summed E-state index contributed by atoms with van der Waals surface area (Å²) < 4.78 is 0. The van der Waals surface area contributed by atoms with E-state index in [4.69, 9.17) is 0 Å². The molecule has 0 amide bonds. The van der Waals surface area contributed by atoms with E-state index in [1.807, 2.05) is 11.4 Å². The predicted octanol–water partition coefficient (Wildman–Crippen LogP) is 1.72. The topological polar surface area (TPSA) is 56.8 Å². The summed E-state index contributed by atoms with van der Waals surface area (Å²) in [5.74, 6) is 1.66. The van der Waals surface area contributed by atoms with Gasteiger partial charge in [-0.25, -0.2) is 0 Å². The molecule has 2 N–H and O–H groups in total. The number of rotatable bonds is 2. The number of hydrogen-bond donors (Lipinski definition) is 2. The molecule has 0 spiro atoms. The second kappa shape index (κ2) is 4.70. The van der Waals surface area contributed by atoms with E-state index in [-0.39, 0.29) is 0 Å². The van der Waals surface area contributed by atoms with Crippen LogP contribution in [-0.2, 0) is 0 Å². The van der Waals surface area contributed by atoms with Gasteiger partial charge in [0.15, 0.2) is 5.82 Å². The van der Waals surface area contributed by atoms with Crippen LogP contribution in [0.5, 0.6) is 0 Å². The van der Waals surface area contributed by atoms with E-state index in [0.717, 1.165) is 29.7 Å². The molecule has 0 bridgehead atoms. The molecule has 2 atom stereocenters. The molecule has 0 radical (unpaired) electrons. The van der Waals surface area contributed by atoms with Gasteiger partial charge in [0, 0.05) is 25.2 Å². The Labute approximate surface area is 110 Å². The number of nitrogens with zero attached hydrogens (tertiary/aromatic N) is 3. The van der Waals surface area contributed by atoms with Crippen molar-refractivity contribution in [1.82, 2.24) is 20.5 Å². The Kier molecular flexibility index (Phi) is 3.05. The summed E-state index contributed by atoms with van der Waals surface area (Å²) in [4.78, 5) is 7.95. The molecule has 2 aromatic heterocycles. The lowest BCUT2D eigenvalue weighted by molar-refractivity contribution is 0.403. The van der Waals surface area contributed by atoms with Crippen molar-refractivity contribution >= 4 is 17.3 Å². The molecule has 1 aliphatic heterocycles. The molecule has 0 saturated carbocycles. The third kappa shape index (κ3) is 2.26. The van der Waals surface area contributed by atoms with E-state index >= 15 is 0 Å². The van der Waals surface area contributed by atoms with Gasteiger partial charge >= 0.3 is 0 Å². The molecule has 5 nitrogen and oxygen atoms in total. The molecular formula is C12H17N5S.